The number of ether oxygens (including phenoxy) is 1. The van der Waals surface area contributed by atoms with Crippen LogP contribution in [0.1, 0.15) is 36.8 Å². The summed E-state index contributed by atoms with van der Waals surface area (Å²) in [5.74, 6) is -1.93. The lowest BCUT2D eigenvalue weighted by atomic mass is 10.1. The van der Waals surface area contributed by atoms with Crippen molar-refractivity contribution in [2.45, 2.75) is 6.54 Å². The summed E-state index contributed by atoms with van der Waals surface area (Å²) in [6.45, 7) is -0.555. The quantitative estimate of drug-likeness (QED) is 0.386. The van der Waals surface area contributed by atoms with E-state index in [2.05, 4.69) is 21.2 Å². The van der Waals surface area contributed by atoms with Crippen molar-refractivity contribution in [3.8, 4) is 0 Å². The summed E-state index contributed by atoms with van der Waals surface area (Å²) in [5, 5.41) is 2.98. The number of esters is 1. The molecule has 3 aromatic rings. The van der Waals surface area contributed by atoms with E-state index in [0.29, 0.717) is 20.9 Å². The van der Waals surface area contributed by atoms with Gasteiger partial charge >= 0.3 is 5.97 Å². The molecule has 0 bridgehead atoms. The van der Waals surface area contributed by atoms with Crippen molar-refractivity contribution >= 4 is 56.9 Å². The number of nitrogens with zero attached hydrogens (tertiary/aromatic N) is 1. The van der Waals surface area contributed by atoms with Gasteiger partial charge in [-0.1, -0.05) is 11.6 Å². The highest BCUT2D eigenvalue weighted by Crippen LogP contribution is 2.27. The molecule has 4 rings (SSSR count). The largest absolute Gasteiger partial charge is 0.467 e. The number of amides is 3. The fraction of sp³-hybridized carbons (Fsp3) is 0.0909. The second-order valence-corrected chi connectivity index (χ2v) is 8.05. The number of benzene rings is 2. The molecule has 0 atom stereocenters. The summed E-state index contributed by atoms with van der Waals surface area (Å²) >= 11 is 9.23. The summed E-state index contributed by atoms with van der Waals surface area (Å²) in [4.78, 5) is 50.7. The van der Waals surface area contributed by atoms with E-state index in [0.717, 1.165) is 4.90 Å². The Morgan fingerprint density at radius 2 is 1.84 bits per heavy atom. The highest BCUT2D eigenvalue weighted by Gasteiger charge is 2.36. The van der Waals surface area contributed by atoms with Gasteiger partial charge < -0.3 is 14.5 Å². The third kappa shape index (κ3) is 4.44. The summed E-state index contributed by atoms with van der Waals surface area (Å²) in [6.07, 6.45) is 1.45. The van der Waals surface area contributed by atoms with Gasteiger partial charge in [-0.3, -0.25) is 19.3 Å². The second-order valence-electron chi connectivity index (χ2n) is 6.79. The zero-order chi connectivity index (χ0) is 22.8. The lowest BCUT2D eigenvalue weighted by molar-refractivity contribution is -0.119. The van der Waals surface area contributed by atoms with Crippen molar-refractivity contribution in [1.82, 2.24) is 4.90 Å². The Labute approximate surface area is 195 Å². The van der Waals surface area contributed by atoms with Crippen LogP contribution in [0.3, 0.4) is 0 Å². The topological polar surface area (TPSA) is 106 Å². The highest BCUT2D eigenvalue weighted by molar-refractivity contribution is 9.10. The molecular weight excluding hydrogens is 504 g/mol. The lowest BCUT2D eigenvalue weighted by Gasteiger charge is -2.11. The van der Waals surface area contributed by atoms with Gasteiger partial charge in [-0.2, -0.15) is 0 Å². The average molecular weight is 518 g/mol. The molecule has 0 aliphatic carbocycles. The lowest BCUT2D eigenvalue weighted by Crippen LogP contribution is -2.28. The SMILES string of the molecule is O=C(COC(=O)c1ccc2c(c1)C(=O)N(Cc1ccco1)C2=O)Nc1ccc(Br)c(Cl)c1. The van der Waals surface area contributed by atoms with E-state index < -0.39 is 30.3 Å². The van der Waals surface area contributed by atoms with E-state index in [1.807, 2.05) is 0 Å². The molecule has 0 saturated heterocycles. The fourth-order valence-corrected chi connectivity index (χ4v) is 3.53. The molecule has 1 aromatic heterocycles. The molecule has 0 fully saturated rings. The molecule has 0 unspecified atom stereocenters. The minimum atomic E-state index is -0.804. The number of furan rings is 1. The Kier molecular flexibility index (Phi) is 6.11. The number of hydrogen-bond donors (Lipinski definition) is 1. The van der Waals surface area contributed by atoms with Crippen LogP contribution in [0.15, 0.2) is 63.7 Å². The molecule has 0 saturated carbocycles. The molecule has 162 valence electrons. The van der Waals surface area contributed by atoms with Crippen molar-refractivity contribution in [3.63, 3.8) is 0 Å². The van der Waals surface area contributed by atoms with Crippen LogP contribution in [-0.2, 0) is 16.1 Å². The summed E-state index contributed by atoms with van der Waals surface area (Å²) in [7, 11) is 0. The first-order valence-electron chi connectivity index (χ1n) is 9.28. The number of halogens is 2. The van der Waals surface area contributed by atoms with Crippen LogP contribution >= 0.6 is 27.5 Å². The number of anilines is 1. The minimum absolute atomic E-state index is 0.0145. The van der Waals surface area contributed by atoms with Crippen LogP contribution in [0.2, 0.25) is 5.02 Å². The smallest absolute Gasteiger partial charge is 0.338 e. The number of carbonyl (C=O) groups is 4. The van der Waals surface area contributed by atoms with Gasteiger partial charge in [-0.15, -0.1) is 0 Å². The van der Waals surface area contributed by atoms with Gasteiger partial charge in [0.2, 0.25) is 0 Å². The summed E-state index contributed by atoms with van der Waals surface area (Å²) < 4.78 is 10.9. The van der Waals surface area contributed by atoms with Crippen LogP contribution in [0.5, 0.6) is 0 Å². The van der Waals surface area contributed by atoms with E-state index in [4.69, 9.17) is 20.8 Å². The Morgan fingerprint density at radius 3 is 2.56 bits per heavy atom. The molecule has 2 heterocycles. The van der Waals surface area contributed by atoms with Gasteiger partial charge in [0.25, 0.3) is 17.7 Å². The van der Waals surface area contributed by atoms with Crippen molar-refractivity contribution < 1.29 is 28.3 Å². The maximum atomic E-state index is 12.7. The minimum Gasteiger partial charge on any atom is -0.467 e. The van der Waals surface area contributed by atoms with Gasteiger partial charge in [-0.05, 0) is 64.5 Å². The first-order chi connectivity index (χ1) is 15.3. The number of imide groups is 1. The number of rotatable bonds is 6. The number of nitrogens with one attached hydrogen (secondary N) is 1. The van der Waals surface area contributed by atoms with E-state index >= 15 is 0 Å². The first-order valence-corrected chi connectivity index (χ1v) is 10.5. The molecule has 0 spiro atoms. The molecule has 1 aliphatic heterocycles. The van der Waals surface area contributed by atoms with Crippen molar-refractivity contribution in [2.75, 3.05) is 11.9 Å². The Bertz CT molecular complexity index is 1240. The van der Waals surface area contributed by atoms with Crippen LogP contribution < -0.4 is 5.32 Å². The first kappa shape index (κ1) is 21.8. The van der Waals surface area contributed by atoms with Gasteiger partial charge in [0.05, 0.1) is 34.5 Å². The molecule has 2 aromatic carbocycles. The normalized spacial score (nSPS) is 12.6. The standard InChI is InChI=1S/C22H14BrClN2O6/c23-17-6-4-13(9-18(17)24)25-19(27)11-32-22(30)12-3-5-15-16(8-12)21(29)26(20(15)28)10-14-2-1-7-31-14/h1-9H,10-11H2,(H,25,27). The van der Waals surface area contributed by atoms with E-state index in [1.54, 1.807) is 30.3 Å². The third-order valence-electron chi connectivity index (χ3n) is 4.64. The number of hydrogen-bond acceptors (Lipinski definition) is 6. The predicted molar refractivity (Wildman–Crippen MR) is 117 cm³/mol. The maximum absolute atomic E-state index is 12.7. The van der Waals surface area contributed by atoms with Crippen molar-refractivity contribution in [1.29, 1.82) is 0 Å². The molecular formula is C22H14BrClN2O6. The van der Waals surface area contributed by atoms with Crippen LogP contribution in [-0.4, -0.2) is 35.2 Å². The van der Waals surface area contributed by atoms with E-state index in [9.17, 15) is 19.2 Å². The van der Waals surface area contributed by atoms with Crippen molar-refractivity contribution in [2.24, 2.45) is 0 Å². The molecule has 1 aliphatic rings. The van der Waals surface area contributed by atoms with Gasteiger partial charge in [0, 0.05) is 10.2 Å². The maximum Gasteiger partial charge on any atom is 0.338 e. The number of fused-ring (bicyclic) bond motifs is 1. The third-order valence-corrected chi connectivity index (χ3v) is 5.87. The molecule has 1 N–H and O–H groups in total. The Hall–Kier alpha value is -3.43. The van der Waals surface area contributed by atoms with Gasteiger partial charge in [0.1, 0.15) is 5.76 Å². The van der Waals surface area contributed by atoms with Crippen LogP contribution in [0, 0.1) is 0 Å². The fourth-order valence-electron chi connectivity index (χ4n) is 3.11. The van der Waals surface area contributed by atoms with Gasteiger partial charge in [0.15, 0.2) is 6.61 Å². The molecule has 10 heteroatoms. The molecule has 8 nitrogen and oxygen atoms in total. The molecule has 0 radical (unpaired) electrons. The van der Waals surface area contributed by atoms with Crippen LogP contribution in [0.4, 0.5) is 5.69 Å². The van der Waals surface area contributed by atoms with Gasteiger partial charge in [-0.25, -0.2) is 4.79 Å². The molecule has 32 heavy (non-hydrogen) atoms. The average Bonchev–Trinajstić information content (AvgIpc) is 3.37. The Morgan fingerprint density at radius 1 is 1.06 bits per heavy atom. The predicted octanol–water partition coefficient (Wildman–Crippen LogP) is 4.29. The highest BCUT2D eigenvalue weighted by atomic mass is 79.9. The van der Waals surface area contributed by atoms with Crippen molar-refractivity contribution in [3.05, 3.63) is 86.7 Å². The second kappa shape index (κ2) is 8.97. The van der Waals surface area contributed by atoms with Crippen LogP contribution in [0.25, 0.3) is 0 Å². The van der Waals surface area contributed by atoms with E-state index in [-0.39, 0.29) is 23.2 Å². The zero-order valence-electron chi connectivity index (χ0n) is 16.3. The zero-order valence-corrected chi connectivity index (χ0v) is 18.6. The van der Waals surface area contributed by atoms with E-state index in [1.165, 1.54) is 24.5 Å². The summed E-state index contributed by atoms with van der Waals surface area (Å²) in [6, 6.07) is 12.2. The molecule has 3 amide bonds. The Balaban J connectivity index is 1.40. The summed E-state index contributed by atoms with van der Waals surface area (Å²) in [5.41, 5.74) is 0.759. The monoisotopic (exact) mass is 516 g/mol. The number of carbonyl (C=O) groups excluding carboxylic acids is 4.